The van der Waals surface area contributed by atoms with E-state index in [-0.39, 0.29) is 0 Å². The highest BCUT2D eigenvalue weighted by Crippen LogP contribution is 2.49. The number of hydrogen-bond donors (Lipinski definition) is 0. The van der Waals surface area contributed by atoms with Crippen LogP contribution in [0.25, 0.3) is 105 Å². The first-order chi connectivity index (χ1) is 26.8. The van der Waals surface area contributed by atoms with Crippen LogP contribution in [0.1, 0.15) is 18.7 Å². The second-order valence-corrected chi connectivity index (χ2v) is 14.3. The number of allylic oxidation sites excluding steroid dienone is 4. The van der Waals surface area contributed by atoms with E-state index in [1.165, 1.54) is 76.4 Å². The molecule has 0 aliphatic heterocycles. The normalized spacial score (nSPS) is 13.6. The van der Waals surface area contributed by atoms with E-state index in [0.29, 0.717) is 11.6 Å². The summed E-state index contributed by atoms with van der Waals surface area (Å²) in [5.41, 5.74) is 10.6. The smallest absolute Gasteiger partial charge is 0.164 e. The fraction of sp³-hybridized carbons (Fsp3) is 0.0408. The zero-order valence-electron chi connectivity index (χ0n) is 29.2. The maximum Gasteiger partial charge on any atom is 0.164 e. The average molecular weight is 690 g/mol. The number of nitrogens with zero attached hydrogens (tertiary/aromatic N) is 5. The van der Waals surface area contributed by atoms with Crippen molar-refractivity contribution in [2.24, 2.45) is 0 Å². The molecule has 252 valence electrons. The number of hydrogen-bond acceptors (Lipinski definition) is 3. The number of fused-ring (bicyclic) bond motifs is 13. The minimum Gasteiger partial charge on any atom is -0.312 e. The largest absolute Gasteiger partial charge is 0.312 e. The molecule has 5 nitrogen and oxygen atoms in total. The van der Waals surface area contributed by atoms with Crippen molar-refractivity contribution in [3.8, 4) is 22.8 Å². The molecular weight excluding hydrogens is 659 g/mol. The lowest BCUT2D eigenvalue weighted by Crippen LogP contribution is -2.06. The van der Waals surface area contributed by atoms with Gasteiger partial charge in [-0.3, -0.25) is 0 Å². The van der Waals surface area contributed by atoms with E-state index in [9.17, 15) is 0 Å². The first kappa shape index (κ1) is 29.5. The van der Waals surface area contributed by atoms with Gasteiger partial charge in [0.2, 0.25) is 0 Å². The predicted molar refractivity (Wildman–Crippen MR) is 224 cm³/mol. The lowest BCUT2D eigenvalue weighted by atomic mass is 9.98. The molecule has 0 N–H and O–H groups in total. The van der Waals surface area contributed by atoms with Gasteiger partial charge >= 0.3 is 0 Å². The van der Waals surface area contributed by atoms with E-state index < -0.39 is 0 Å². The Morgan fingerprint density at radius 1 is 0.370 bits per heavy atom. The van der Waals surface area contributed by atoms with Crippen LogP contribution in [-0.4, -0.2) is 23.9 Å². The van der Waals surface area contributed by atoms with Gasteiger partial charge in [-0.05, 0) is 42.0 Å². The topological polar surface area (TPSA) is 48.0 Å². The van der Waals surface area contributed by atoms with Crippen LogP contribution in [0.4, 0.5) is 0 Å². The van der Waals surface area contributed by atoms with Gasteiger partial charge in [-0.2, -0.15) is 0 Å². The summed E-state index contributed by atoms with van der Waals surface area (Å²) in [4.78, 5) is 15.0. The molecule has 54 heavy (non-hydrogen) atoms. The van der Waals surface area contributed by atoms with Gasteiger partial charge in [0.25, 0.3) is 0 Å². The molecule has 0 radical (unpaired) electrons. The van der Waals surface area contributed by atoms with Crippen molar-refractivity contribution in [1.29, 1.82) is 0 Å². The van der Waals surface area contributed by atoms with Crippen LogP contribution in [0, 0.1) is 0 Å². The zero-order valence-corrected chi connectivity index (χ0v) is 29.2. The molecule has 0 saturated carbocycles. The molecule has 0 saturated heterocycles. The van der Waals surface area contributed by atoms with Crippen LogP contribution in [0.2, 0.25) is 0 Å². The summed E-state index contributed by atoms with van der Waals surface area (Å²) < 4.78 is 5.08. The lowest BCUT2D eigenvalue weighted by molar-refractivity contribution is 0.955. The van der Waals surface area contributed by atoms with Gasteiger partial charge in [0.05, 0.1) is 27.6 Å². The maximum absolute atomic E-state index is 5.05. The number of para-hydroxylation sites is 3. The quantitative estimate of drug-likeness (QED) is 0.185. The zero-order chi connectivity index (χ0) is 35.3. The van der Waals surface area contributed by atoms with E-state index in [1.807, 2.05) is 36.4 Å². The van der Waals surface area contributed by atoms with Gasteiger partial charge in [0.15, 0.2) is 17.5 Å². The Bertz CT molecular complexity index is 3300. The molecule has 1 aliphatic carbocycles. The van der Waals surface area contributed by atoms with Crippen LogP contribution in [0.15, 0.2) is 164 Å². The molecule has 4 aromatic heterocycles. The van der Waals surface area contributed by atoms with Crippen molar-refractivity contribution in [3.05, 3.63) is 170 Å². The Kier molecular flexibility index (Phi) is 6.11. The van der Waals surface area contributed by atoms with E-state index in [4.69, 9.17) is 15.0 Å². The maximum atomic E-state index is 5.05. The molecule has 0 spiro atoms. The Labute approximate surface area is 310 Å². The molecule has 0 bridgehead atoms. The molecule has 0 fully saturated rings. The van der Waals surface area contributed by atoms with Crippen LogP contribution < -0.4 is 0 Å². The van der Waals surface area contributed by atoms with Crippen LogP contribution >= 0.6 is 0 Å². The van der Waals surface area contributed by atoms with Crippen LogP contribution in [-0.2, 0) is 0 Å². The number of rotatable bonds is 4. The summed E-state index contributed by atoms with van der Waals surface area (Å²) in [7, 11) is 0. The molecular formula is C49H31N5. The summed E-state index contributed by atoms with van der Waals surface area (Å²) in [6.07, 6.45) is 6.17. The minimum absolute atomic E-state index is 0.686. The molecule has 12 rings (SSSR count). The van der Waals surface area contributed by atoms with Crippen molar-refractivity contribution >= 4 is 81.9 Å². The van der Waals surface area contributed by atoms with Crippen molar-refractivity contribution in [2.45, 2.75) is 12.8 Å². The number of benzene rings is 7. The number of aromatic nitrogens is 5. The first-order valence-electron chi connectivity index (χ1n) is 18.6. The standard InChI is InChI=1S/C49H31N5/c1-3-14-30(15-4-1)47-50-48(31-16-5-2-6-17-31)52-49(51-47)32-26-28-33(29-27-32)53-41-25-12-10-21-38(41)43-45(53)37-20-8-7-19-35(37)42-39-23-13-22-36-34-18-9-11-24-40(34)54(44(36)39)46(42)43/h1-26,28H,27,29H2. The van der Waals surface area contributed by atoms with E-state index >= 15 is 0 Å². The third-order valence-electron chi connectivity index (χ3n) is 11.4. The van der Waals surface area contributed by atoms with Crippen molar-refractivity contribution in [2.75, 3.05) is 0 Å². The summed E-state index contributed by atoms with van der Waals surface area (Å²) in [5.74, 6) is 2.10. The van der Waals surface area contributed by atoms with Crippen molar-refractivity contribution in [3.63, 3.8) is 0 Å². The average Bonchev–Trinajstić information content (AvgIpc) is 3.90. The Morgan fingerprint density at radius 2 is 0.926 bits per heavy atom. The first-order valence-corrected chi connectivity index (χ1v) is 18.6. The highest BCUT2D eigenvalue weighted by Gasteiger charge is 2.26. The van der Waals surface area contributed by atoms with Gasteiger partial charge in [0.1, 0.15) is 0 Å². The van der Waals surface area contributed by atoms with E-state index in [1.54, 1.807) is 0 Å². The Balaban J connectivity index is 1.13. The third-order valence-corrected chi connectivity index (χ3v) is 11.4. The second kappa shape index (κ2) is 11.2. The highest BCUT2D eigenvalue weighted by atomic mass is 15.0. The monoisotopic (exact) mass is 689 g/mol. The minimum atomic E-state index is 0.686. The highest BCUT2D eigenvalue weighted by molar-refractivity contribution is 6.39. The van der Waals surface area contributed by atoms with Gasteiger partial charge < -0.3 is 8.97 Å². The summed E-state index contributed by atoms with van der Waals surface area (Å²) in [6.45, 7) is 0. The Morgan fingerprint density at radius 3 is 1.63 bits per heavy atom. The molecule has 0 amide bonds. The van der Waals surface area contributed by atoms with Crippen LogP contribution in [0.5, 0.6) is 0 Å². The third kappa shape index (κ3) is 4.06. The summed E-state index contributed by atoms with van der Waals surface area (Å²) in [6, 6.07) is 54.0. The summed E-state index contributed by atoms with van der Waals surface area (Å²) >= 11 is 0. The molecule has 4 heterocycles. The predicted octanol–water partition coefficient (Wildman–Crippen LogP) is 12.3. The van der Waals surface area contributed by atoms with Crippen molar-refractivity contribution in [1.82, 2.24) is 23.9 Å². The van der Waals surface area contributed by atoms with Crippen molar-refractivity contribution < 1.29 is 0 Å². The van der Waals surface area contributed by atoms with Gasteiger partial charge in [-0.25, -0.2) is 15.0 Å². The fourth-order valence-corrected chi connectivity index (χ4v) is 9.09. The summed E-state index contributed by atoms with van der Waals surface area (Å²) in [5, 5.41) is 10.3. The van der Waals surface area contributed by atoms with Gasteiger partial charge in [-0.15, -0.1) is 0 Å². The molecule has 0 unspecified atom stereocenters. The molecule has 7 aromatic carbocycles. The second-order valence-electron chi connectivity index (χ2n) is 14.3. The molecule has 1 aliphatic rings. The van der Waals surface area contributed by atoms with Crippen LogP contribution in [0.3, 0.4) is 0 Å². The molecule has 5 heteroatoms. The fourth-order valence-electron chi connectivity index (χ4n) is 9.09. The van der Waals surface area contributed by atoms with E-state index in [2.05, 4.69) is 136 Å². The molecule has 11 aromatic rings. The SMILES string of the molecule is C1=C(c2nc(-c3ccccc3)nc(-c3ccccc3)n2)CCC(n2c3ccccc3c3c2c2ccccc2c2c4cccc5c6ccccc6n(c54)c23)=C1. The van der Waals surface area contributed by atoms with Gasteiger partial charge in [0, 0.05) is 54.5 Å². The lowest BCUT2D eigenvalue weighted by Gasteiger charge is -2.19. The Hall–Kier alpha value is -7.11. The van der Waals surface area contributed by atoms with E-state index in [0.717, 1.165) is 35.4 Å². The van der Waals surface area contributed by atoms with Gasteiger partial charge in [-0.1, -0.05) is 146 Å². The molecule has 0 atom stereocenters.